The molecule has 1 aromatic heterocycles. The van der Waals surface area contributed by atoms with Gasteiger partial charge in [-0.2, -0.15) is 0 Å². The van der Waals surface area contributed by atoms with Crippen LogP contribution >= 0.6 is 0 Å². The number of methoxy groups -OCH3 is 1. The molecule has 0 radical (unpaired) electrons. The number of aromatic amines is 1. The molecule has 0 bridgehead atoms. The van der Waals surface area contributed by atoms with Gasteiger partial charge >= 0.3 is 5.97 Å². The van der Waals surface area contributed by atoms with E-state index in [2.05, 4.69) is 15.8 Å². The number of hydrogen-bond donors (Lipinski definition) is 1. The largest absolute Gasteiger partial charge is 0.469 e. The van der Waals surface area contributed by atoms with Crippen molar-refractivity contribution in [2.75, 3.05) is 7.11 Å². The smallest absolute Gasteiger partial charge is 0.309 e. The van der Waals surface area contributed by atoms with Crippen molar-refractivity contribution in [1.29, 1.82) is 0 Å². The van der Waals surface area contributed by atoms with Crippen LogP contribution in [0, 0.1) is 0 Å². The molecule has 0 atom stereocenters. The van der Waals surface area contributed by atoms with Gasteiger partial charge in [-0.05, 0) is 29.1 Å². The minimum absolute atomic E-state index is 0.223. The van der Waals surface area contributed by atoms with Gasteiger partial charge in [0.25, 0.3) is 0 Å². The standard InChI is InChI=1S/C13H13NO2/c1-16-13(15)4-2-3-10-5-6-12-11(9-10)7-8-14-12/h2-3,5-9,14H,4H2,1H3. The SMILES string of the molecule is COC(=O)CC=Cc1ccc2[nH]ccc2c1. The second-order valence-corrected chi connectivity index (χ2v) is 3.51. The van der Waals surface area contributed by atoms with Gasteiger partial charge in [0.15, 0.2) is 0 Å². The molecule has 0 unspecified atom stereocenters. The molecule has 0 aliphatic heterocycles. The molecule has 82 valence electrons. The number of carbonyl (C=O) groups is 1. The van der Waals surface area contributed by atoms with Gasteiger partial charge in [-0.25, -0.2) is 0 Å². The van der Waals surface area contributed by atoms with Crippen LogP contribution in [0.25, 0.3) is 17.0 Å². The average Bonchev–Trinajstić information content (AvgIpc) is 2.76. The molecule has 1 N–H and O–H groups in total. The minimum atomic E-state index is -0.223. The highest BCUT2D eigenvalue weighted by Crippen LogP contribution is 2.15. The lowest BCUT2D eigenvalue weighted by molar-refractivity contribution is -0.139. The van der Waals surface area contributed by atoms with Crippen LogP contribution in [-0.2, 0) is 9.53 Å². The maximum absolute atomic E-state index is 10.9. The second kappa shape index (κ2) is 4.66. The highest BCUT2D eigenvalue weighted by atomic mass is 16.5. The van der Waals surface area contributed by atoms with Crippen molar-refractivity contribution in [3.8, 4) is 0 Å². The molecule has 0 fully saturated rings. The number of rotatable bonds is 3. The van der Waals surface area contributed by atoms with Gasteiger partial charge in [-0.15, -0.1) is 0 Å². The maximum atomic E-state index is 10.9. The van der Waals surface area contributed by atoms with Crippen molar-refractivity contribution in [3.63, 3.8) is 0 Å². The third kappa shape index (κ3) is 2.31. The van der Waals surface area contributed by atoms with Gasteiger partial charge in [0, 0.05) is 11.7 Å². The first-order chi connectivity index (χ1) is 7.79. The van der Waals surface area contributed by atoms with Crippen LogP contribution < -0.4 is 0 Å². The third-order valence-corrected chi connectivity index (χ3v) is 2.40. The molecule has 0 saturated carbocycles. The second-order valence-electron chi connectivity index (χ2n) is 3.51. The van der Waals surface area contributed by atoms with Crippen molar-refractivity contribution in [2.24, 2.45) is 0 Å². The van der Waals surface area contributed by atoms with Crippen molar-refractivity contribution in [1.82, 2.24) is 4.98 Å². The first-order valence-electron chi connectivity index (χ1n) is 5.10. The first-order valence-corrected chi connectivity index (χ1v) is 5.10. The summed E-state index contributed by atoms with van der Waals surface area (Å²) in [7, 11) is 1.39. The van der Waals surface area contributed by atoms with Crippen molar-refractivity contribution in [3.05, 3.63) is 42.1 Å². The molecular formula is C13H13NO2. The number of aromatic nitrogens is 1. The fraction of sp³-hybridized carbons (Fsp3) is 0.154. The molecule has 2 aromatic rings. The zero-order chi connectivity index (χ0) is 11.4. The lowest BCUT2D eigenvalue weighted by atomic mass is 10.1. The fourth-order valence-electron chi connectivity index (χ4n) is 1.55. The fourth-order valence-corrected chi connectivity index (χ4v) is 1.55. The van der Waals surface area contributed by atoms with Gasteiger partial charge < -0.3 is 9.72 Å². The Morgan fingerprint density at radius 3 is 3.12 bits per heavy atom. The number of fused-ring (bicyclic) bond motifs is 1. The van der Waals surface area contributed by atoms with E-state index >= 15 is 0 Å². The molecule has 0 amide bonds. The molecule has 1 heterocycles. The summed E-state index contributed by atoms with van der Waals surface area (Å²) in [4.78, 5) is 14.0. The number of esters is 1. The van der Waals surface area contributed by atoms with Crippen molar-refractivity contribution >= 4 is 22.9 Å². The van der Waals surface area contributed by atoms with E-state index in [1.165, 1.54) is 12.5 Å². The van der Waals surface area contributed by atoms with E-state index in [1.54, 1.807) is 6.08 Å². The van der Waals surface area contributed by atoms with Crippen LogP contribution in [0.5, 0.6) is 0 Å². The van der Waals surface area contributed by atoms with E-state index in [-0.39, 0.29) is 5.97 Å². The van der Waals surface area contributed by atoms with Crippen LogP contribution in [0.2, 0.25) is 0 Å². The lowest BCUT2D eigenvalue weighted by Crippen LogP contribution is -1.96. The summed E-state index contributed by atoms with van der Waals surface area (Å²) < 4.78 is 4.55. The van der Waals surface area contributed by atoms with Crippen molar-refractivity contribution < 1.29 is 9.53 Å². The van der Waals surface area contributed by atoms with E-state index in [1.807, 2.05) is 30.5 Å². The summed E-state index contributed by atoms with van der Waals surface area (Å²) in [5, 5.41) is 1.17. The lowest BCUT2D eigenvalue weighted by Gasteiger charge is -1.95. The maximum Gasteiger partial charge on any atom is 0.309 e. The van der Waals surface area contributed by atoms with E-state index in [0.29, 0.717) is 6.42 Å². The highest BCUT2D eigenvalue weighted by molar-refractivity contribution is 5.82. The molecule has 0 aliphatic rings. The number of carbonyl (C=O) groups excluding carboxylic acids is 1. The van der Waals surface area contributed by atoms with Gasteiger partial charge in [0.05, 0.1) is 13.5 Å². The summed E-state index contributed by atoms with van der Waals surface area (Å²) >= 11 is 0. The predicted molar refractivity (Wildman–Crippen MR) is 64.0 cm³/mol. The number of nitrogens with one attached hydrogen (secondary N) is 1. The highest BCUT2D eigenvalue weighted by Gasteiger charge is 1.96. The van der Waals surface area contributed by atoms with E-state index in [4.69, 9.17) is 0 Å². The molecule has 3 nitrogen and oxygen atoms in total. The van der Waals surface area contributed by atoms with Gasteiger partial charge in [0.2, 0.25) is 0 Å². The van der Waals surface area contributed by atoms with Crippen molar-refractivity contribution in [2.45, 2.75) is 6.42 Å². The molecular weight excluding hydrogens is 202 g/mol. The van der Waals surface area contributed by atoms with Crippen LogP contribution in [0.4, 0.5) is 0 Å². The summed E-state index contributed by atoms with van der Waals surface area (Å²) in [5.41, 5.74) is 2.20. The Balaban J connectivity index is 2.11. The van der Waals surface area contributed by atoms with Crippen LogP contribution in [0.3, 0.4) is 0 Å². The molecule has 16 heavy (non-hydrogen) atoms. The first kappa shape index (κ1) is 10.5. The third-order valence-electron chi connectivity index (χ3n) is 2.40. The Hall–Kier alpha value is -2.03. The summed E-state index contributed by atoms with van der Waals surface area (Å²) in [6.07, 6.45) is 5.94. The van der Waals surface area contributed by atoms with E-state index in [0.717, 1.165) is 11.1 Å². The number of hydrogen-bond acceptors (Lipinski definition) is 2. The molecule has 0 saturated heterocycles. The quantitative estimate of drug-likeness (QED) is 0.800. The summed E-state index contributed by atoms with van der Waals surface area (Å²) in [6.45, 7) is 0. The summed E-state index contributed by atoms with van der Waals surface area (Å²) in [5.74, 6) is -0.223. The van der Waals surface area contributed by atoms with Gasteiger partial charge in [0.1, 0.15) is 0 Å². The molecule has 2 rings (SSSR count). The molecule has 0 spiro atoms. The minimum Gasteiger partial charge on any atom is -0.469 e. The Labute approximate surface area is 93.7 Å². The normalized spacial score (nSPS) is 11.1. The molecule has 3 heteroatoms. The average molecular weight is 215 g/mol. The number of ether oxygens (including phenoxy) is 1. The number of benzene rings is 1. The van der Waals surface area contributed by atoms with E-state index < -0.39 is 0 Å². The van der Waals surface area contributed by atoms with Crippen LogP contribution in [-0.4, -0.2) is 18.1 Å². The Bertz CT molecular complexity index is 525. The van der Waals surface area contributed by atoms with Crippen LogP contribution in [0.15, 0.2) is 36.5 Å². The van der Waals surface area contributed by atoms with Gasteiger partial charge in [-0.3, -0.25) is 4.79 Å². The molecule has 1 aromatic carbocycles. The summed E-state index contributed by atoms with van der Waals surface area (Å²) in [6, 6.07) is 8.12. The van der Waals surface area contributed by atoms with Gasteiger partial charge in [-0.1, -0.05) is 18.2 Å². The molecule has 0 aliphatic carbocycles. The van der Waals surface area contributed by atoms with E-state index in [9.17, 15) is 4.79 Å². The van der Waals surface area contributed by atoms with Crippen LogP contribution in [0.1, 0.15) is 12.0 Å². The predicted octanol–water partition coefficient (Wildman–Crippen LogP) is 2.74. The number of H-pyrrole nitrogens is 1. The Morgan fingerprint density at radius 2 is 2.31 bits per heavy atom. The topological polar surface area (TPSA) is 42.1 Å². The zero-order valence-electron chi connectivity index (χ0n) is 9.07. The Morgan fingerprint density at radius 1 is 1.44 bits per heavy atom. The zero-order valence-corrected chi connectivity index (χ0v) is 9.07. The monoisotopic (exact) mass is 215 g/mol. The Kier molecular flexibility index (Phi) is 3.05.